The molecule has 1 fully saturated rings. The highest BCUT2D eigenvalue weighted by Gasteiger charge is 2.23. The highest BCUT2D eigenvalue weighted by atomic mass is 16.5. The summed E-state index contributed by atoms with van der Waals surface area (Å²) in [5.41, 5.74) is 0. The molecule has 1 N–H and O–H groups in total. The van der Waals surface area contributed by atoms with E-state index in [1.165, 1.54) is 0 Å². The quantitative estimate of drug-likeness (QED) is 0.847. The standard InChI is InChI=1S/C13H17NO4/c1-9(13(15)14-10-7-17-8-10)18-12-5-3-11(16-2)4-6-12/h3-6,9-10H,7-8H2,1-2H3,(H,14,15). The second-order valence-electron chi connectivity index (χ2n) is 4.18. The van der Waals surface area contributed by atoms with E-state index < -0.39 is 6.10 Å². The van der Waals surface area contributed by atoms with E-state index in [0.29, 0.717) is 19.0 Å². The van der Waals surface area contributed by atoms with Crippen LogP contribution in [0.15, 0.2) is 24.3 Å². The predicted octanol–water partition coefficient (Wildman–Crippen LogP) is 0.977. The number of ether oxygens (including phenoxy) is 3. The Bertz CT molecular complexity index is 400. The summed E-state index contributed by atoms with van der Waals surface area (Å²) in [4.78, 5) is 11.8. The van der Waals surface area contributed by atoms with Crippen molar-refractivity contribution in [2.24, 2.45) is 0 Å². The van der Waals surface area contributed by atoms with Crippen molar-refractivity contribution in [1.29, 1.82) is 0 Å². The molecule has 0 bridgehead atoms. The summed E-state index contributed by atoms with van der Waals surface area (Å²) >= 11 is 0. The van der Waals surface area contributed by atoms with Gasteiger partial charge in [-0.2, -0.15) is 0 Å². The van der Waals surface area contributed by atoms with Crippen molar-refractivity contribution in [2.75, 3.05) is 20.3 Å². The maximum Gasteiger partial charge on any atom is 0.261 e. The molecule has 2 rings (SSSR count). The van der Waals surface area contributed by atoms with Crippen LogP contribution in [0, 0.1) is 0 Å². The average molecular weight is 251 g/mol. The third-order valence-corrected chi connectivity index (χ3v) is 2.73. The van der Waals surface area contributed by atoms with Gasteiger partial charge >= 0.3 is 0 Å². The van der Waals surface area contributed by atoms with E-state index in [-0.39, 0.29) is 11.9 Å². The van der Waals surface area contributed by atoms with Crippen LogP contribution in [0.5, 0.6) is 11.5 Å². The molecule has 1 aromatic rings. The lowest BCUT2D eigenvalue weighted by atomic mass is 10.2. The second kappa shape index (κ2) is 5.73. The molecule has 1 unspecified atom stereocenters. The smallest absolute Gasteiger partial charge is 0.261 e. The molecule has 98 valence electrons. The summed E-state index contributed by atoms with van der Waals surface area (Å²) in [5.74, 6) is 1.27. The molecule has 0 saturated carbocycles. The average Bonchev–Trinajstić information content (AvgIpc) is 2.34. The lowest BCUT2D eigenvalue weighted by Crippen LogP contribution is -2.51. The van der Waals surface area contributed by atoms with Gasteiger partial charge in [0.05, 0.1) is 26.4 Å². The molecule has 1 heterocycles. The Kier molecular flexibility index (Phi) is 4.04. The highest BCUT2D eigenvalue weighted by molar-refractivity contribution is 5.81. The second-order valence-corrected chi connectivity index (χ2v) is 4.18. The van der Waals surface area contributed by atoms with E-state index >= 15 is 0 Å². The number of carbonyl (C=O) groups excluding carboxylic acids is 1. The van der Waals surface area contributed by atoms with Gasteiger partial charge in [0.15, 0.2) is 6.10 Å². The number of hydrogen-bond acceptors (Lipinski definition) is 4. The van der Waals surface area contributed by atoms with Crippen molar-refractivity contribution in [1.82, 2.24) is 5.32 Å². The number of methoxy groups -OCH3 is 1. The molecule has 5 heteroatoms. The lowest BCUT2D eigenvalue weighted by Gasteiger charge is -2.28. The van der Waals surface area contributed by atoms with Crippen molar-refractivity contribution in [2.45, 2.75) is 19.1 Å². The van der Waals surface area contributed by atoms with Crippen molar-refractivity contribution >= 4 is 5.91 Å². The Morgan fingerprint density at radius 2 is 1.94 bits per heavy atom. The van der Waals surface area contributed by atoms with Crippen LogP contribution < -0.4 is 14.8 Å². The molecule has 1 saturated heterocycles. The minimum Gasteiger partial charge on any atom is -0.497 e. The first-order chi connectivity index (χ1) is 8.69. The fourth-order valence-electron chi connectivity index (χ4n) is 1.55. The Morgan fingerprint density at radius 3 is 2.44 bits per heavy atom. The Morgan fingerprint density at radius 1 is 1.33 bits per heavy atom. The number of hydrogen-bond donors (Lipinski definition) is 1. The molecule has 1 aliphatic rings. The monoisotopic (exact) mass is 251 g/mol. The van der Waals surface area contributed by atoms with Crippen LogP contribution in [0.1, 0.15) is 6.92 Å². The molecular weight excluding hydrogens is 234 g/mol. The summed E-state index contributed by atoms with van der Waals surface area (Å²) in [6, 6.07) is 7.25. The largest absolute Gasteiger partial charge is 0.497 e. The normalized spacial score (nSPS) is 16.6. The molecule has 5 nitrogen and oxygen atoms in total. The summed E-state index contributed by atoms with van der Waals surface area (Å²) < 4.78 is 15.6. The van der Waals surface area contributed by atoms with Crippen LogP contribution in [0.3, 0.4) is 0 Å². The fourth-order valence-corrected chi connectivity index (χ4v) is 1.55. The van der Waals surface area contributed by atoms with Gasteiger partial charge in [-0.3, -0.25) is 4.79 Å². The van der Waals surface area contributed by atoms with Crippen LogP contribution in [0.2, 0.25) is 0 Å². The van der Waals surface area contributed by atoms with Crippen molar-refractivity contribution < 1.29 is 19.0 Å². The summed E-state index contributed by atoms with van der Waals surface area (Å²) in [6.07, 6.45) is -0.529. The first-order valence-corrected chi connectivity index (χ1v) is 5.88. The third kappa shape index (κ3) is 3.13. The summed E-state index contributed by atoms with van der Waals surface area (Å²) in [5, 5.41) is 2.85. The first-order valence-electron chi connectivity index (χ1n) is 5.88. The maximum atomic E-state index is 11.8. The van der Waals surface area contributed by atoms with Crippen molar-refractivity contribution in [3.63, 3.8) is 0 Å². The SMILES string of the molecule is COc1ccc(OC(C)C(=O)NC2COC2)cc1. The zero-order chi connectivity index (χ0) is 13.0. The van der Waals surface area contributed by atoms with Gasteiger partial charge in [0.1, 0.15) is 11.5 Å². The number of nitrogens with one attached hydrogen (secondary N) is 1. The zero-order valence-corrected chi connectivity index (χ0v) is 10.5. The molecule has 0 radical (unpaired) electrons. The van der Waals surface area contributed by atoms with Crippen LogP contribution >= 0.6 is 0 Å². The van der Waals surface area contributed by atoms with Gasteiger partial charge in [-0.1, -0.05) is 0 Å². The third-order valence-electron chi connectivity index (χ3n) is 2.73. The topological polar surface area (TPSA) is 56.8 Å². The van der Waals surface area contributed by atoms with Gasteiger partial charge in [0.2, 0.25) is 0 Å². The van der Waals surface area contributed by atoms with Gasteiger partial charge in [-0.25, -0.2) is 0 Å². The number of rotatable bonds is 5. The predicted molar refractivity (Wildman–Crippen MR) is 65.8 cm³/mol. The molecule has 0 aromatic heterocycles. The molecule has 1 aliphatic heterocycles. The van der Waals surface area contributed by atoms with Crippen LogP contribution in [-0.2, 0) is 9.53 Å². The molecule has 1 atom stereocenters. The Hall–Kier alpha value is -1.75. The zero-order valence-electron chi connectivity index (χ0n) is 10.5. The van der Waals surface area contributed by atoms with Gasteiger partial charge in [-0.15, -0.1) is 0 Å². The Labute approximate surface area is 106 Å². The minimum absolute atomic E-state index is 0.124. The highest BCUT2D eigenvalue weighted by Crippen LogP contribution is 2.18. The number of carbonyl (C=O) groups is 1. The van der Waals surface area contributed by atoms with E-state index in [9.17, 15) is 4.79 Å². The number of amides is 1. The van der Waals surface area contributed by atoms with Crippen LogP contribution in [0.4, 0.5) is 0 Å². The molecule has 1 aromatic carbocycles. The summed E-state index contributed by atoms with van der Waals surface area (Å²) in [7, 11) is 1.60. The molecule has 0 aliphatic carbocycles. The van der Waals surface area contributed by atoms with E-state index in [4.69, 9.17) is 14.2 Å². The minimum atomic E-state index is -0.529. The fraction of sp³-hybridized carbons (Fsp3) is 0.462. The number of benzene rings is 1. The van der Waals surface area contributed by atoms with Gasteiger partial charge in [-0.05, 0) is 31.2 Å². The molecule has 1 amide bonds. The van der Waals surface area contributed by atoms with Gasteiger partial charge < -0.3 is 19.5 Å². The summed E-state index contributed by atoms with van der Waals surface area (Å²) in [6.45, 7) is 2.89. The lowest BCUT2D eigenvalue weighted by molar-refractivity contribution is -0.131. The van der Waals surface area contributed by atoms with E-state index in [2.05, 4.69) is 5.32 Å². The molecule has 18 heavy (non-hydrogen) atoms. The van der Waals surface area contributed by atoms with Gasteiger partial charge in [0, 0.05) is 0 Å². The van der Waals surface area contributed by atoms with Crippen molar-refractivity contribution in [3.05, 3.63) is 24.3 Å². The van der Waals surface area contributed by atoms with Gasteiger partial charge in [0.25, 0.3) is 5.91 Å². The first kappa shape index (κ1) is 12.7. The van der Waals surface area contributed by atoms with E-state index in [1.807, 2.05) is 0 Å². The van der Waals surface area contributed by atoms with Crippen LogP contribution in [-0.4, -0.2) is 38.4 Å². The van der Waals surface area contributed by atoms with E-state index in [1.54, 1.807) is 38.3 Å². The van der Waals surface area contributed by atoms with Crippen LogP contribution in [0.25, 0.3) is 0 Å². The maximum absolute atomic E-state index is 11.8. The van der Waals surface area contributed by atoms with E-state index in [0.717, 1.165) is 5.75 Å². The molecular formula is C13H17NO4. The van der Waals surface area contributed by atoms with Crippen molar-refractivity contribution in [3.8, 4) is 11.5 Å². The molecule has 0 spiro atoms. The Balaban J connectivity index is 1.84.